The maximum absolute atomic E-state index is 12.1. The first-order valence-corrected chi connectivity index (χ1v) is 8.32. The Labute approximate surface area is 137 Å². The molecule has 0 bridgehead atoms. The van der Waals surface area contributed by atoms with Gasteiger partial charge in [0.25, 0.3) is 0 Å². The molecule has 1 N–H and O–H groups in total. The SMILES string of the molecule is CC(=O)N1CC2(CCN(c3ncccn3)CC2)C[C@@H](O)C1(C)C. The van der Waals surface area contributed by atoms with Gasteiger partial charge in [-0.25, -0.2) is 9.97 Å². The van der Waals surface area contributed by atoms with Crippen LogP contribution in [0.3, 0.4) is 0 Å². The fourth-order valence-corrected chi connectivity index (χ4v) is 3.96. The van der Waals surface area contributed by atoms with Crippen LogP contribution in [0.1, 0.15) is 40.0 Å². The highest BCUT2D eigenvalue weighted by Gasteiger charge is 2.50. The van der Waals surface area contributed by atoms with Gasteiger partial charge in [-0.05, 0) is 44.6 Å². The lowest BCUT2D eigenvalue weighted by molar-refractivity contribution is -0.155. The summed E-state index contributed by atoms with van der Waals surface area (Å²) < 4.78 is 0. The molecule has 1 atom stereocenters. The van der Waals surface area contributed by atoms with Crippen LogP contribution in [0.4, 0.5) is 5.95 Å². The van der Waals surface area contributed by atoms with Gasteiger partial charge < -0.3 is 14.9 Å². The lowest BCUT2D eigenvalue weighted by Crippen LogP contribution is -2.64. The van der Waals surface area contributed by atoms with Gasteiger partial charge in [0.2, 0.25) is 11.9 Å². The van der Waals surface area contributed by atoms with Crippen molar-refractivity contribution in [1.82, 2.24) is 14.9 Å². The highest BCUT2D eigenvalue weighted by Crippen LogP contribution is 2.45. The molecule has 6 nitrogen and oxygen atoms in total. The molecule has 6 heteroatoms. The van der Waals surface area contributed by atoms with E-state index in [9.17, 15) is 9.90 Å². The van der Waals surface area contributed by atoms with E-state index in [0.717, 1.165) is 44.8 Å². The number of aliphatic hydroxyl groups is 1. The molecule has 3 heterocycles. The minimum absolute atomic E-state index is 0.00584. The van der Waals surface area contributed by atoms with E-state index in [1.54, 1.807) is 19.3 Å². The Morgan fingerprint density at radius 1 is 1.26 bits per heavy atom. The van der Waals surface area contributed by atoms with Gasteiger partial charge >= 0.3 is 0 Å². The number of amides is 1. The van der Waals surface area contributed by atoms with Crippen LogP contribution in [-0.4, -0.2) is 57.2 Å². The average molecular weight is 318 g/mol. The maximum atomic E-state index is 12.1. The van der Waals surface area contributed by atoms with Crippen molar-refractivity contribution in [3.63, 3.8) is 0 Å². The smallest absolute Gasteiger partial charge is 0.225 e. The molecule has 1 spiro atoms. The minimum Gasteiger partial charge on any atom is -0.391 e. The molecule has 0 radical (unpaired) electrons. The predicted octanol–water partition coefficient (Wildman–Crippen LogP) is 1.45. The summed E-state index contributed by atoms with van der Waals surface area (Å²) in [6.45, 7) is 7.97. The standard InChI is InChI=1S/C17H26N4O2/c1-13(22)21-12-17(11-14(23)16(21,2)3)5-9-20(10-6-17)15-18-7-4-8-19-15/h4,7-8,14,23H,5-6,9-12H2,1-3H3/t14-/m1/s1. The van der Waals surface area contributed by atoms with E-state index in [-0.39, 0.29) is 11.3 Å². The first-order chi connectivity index (χ1) is 10.8. The Balaban J connectivity index is 1.74. The molecular weight excluding hydrogens is 292 g/mol. The number of hydrogen-bond donors (Lipinski definition) is 1. The molecule has 0 aliphatic carbocycles. The fourth-order valence-electron chi connectivity index (χ4n) is 3.96. The molecule has 2 aliphatic heterocycles. The van der Waals surface area contributed by atoms with Crippen molar-refractivity contribution in [3.8, 4) is 0 Å². The van der Waals surface area contributed by atoms with Crippen molar-refractivity contribution in [2.75, 3.05) is 24.5 Å². The molecule has 23 heavy (non-hydrogen) atoms. The second-order valence-corrected chi connectivity index (χ2v) is 7.51. The molecule has 2 aliphatic rings. The van der Waals surface area contributed by atoms with Crippen molar-refractivity contribution >= 4 is 11.9 Å². The van der Waals surface area contributed by atoms with Gasteiger partial charge in [-0.2, -0.15) is 0 Å². The predicted molar refractivity (Wildman–Crippen MR) is 88.0 cm³/mol. The third-order valence-electron chi connectivity index (χ3n) is 5.67. The van der Waals surface area contributed by atoms with Gasteiger partial charge in [-0.1, -0.05) is 0 Å². The summed E-state index contributed by atoms with van der Waals surface area (Å²) in [5.41, 5.74) is -0.483. The summed E-state index contributed by atoms with van der Waals surface area (Å²) in [6.07, 6.45) is 5.69. The number of aromatic nitrogens is 2. The van der Waals surface area contributed by atoms with Crippen molar-refractivity contribution in [1.29, 1.82) is 0 Å². The Morgan fingerprint density at radius 3 is 2.43 bits per heavy atom. The van der Waals surface area contributed by atoms with Crippen molar-refractivity contribution in [2.24, 2.45) is 5.41 Å². The molecule has 1 aromatic heterocycles. The maximum Gasteiger partial charge on any atom is 0.225 e. The summed E-state index contributed by atoms with van der Waals surface area (Å²) in [5.74, 6) is 0.810. The number of likely N-dealkylation sites (tertiary alicyclic amines) is 1. The number of hydrogen-bond acceptors (Lipinski definition) is 5. The number of piperidine rings is 2. The highest BCUT2D eigenvalue weighted by molar-refractivity contribution is 5.74. The van der Waals surface area contributed by atoms with Gasteiger partial charge in [0, 0.05) is 39.0 Å². The van der Waals surface area contributed by atoms with Gasteiger partial charge in [0.1, 0.15) is 0 Å². The monoisotopic (exact) mass is 318 g/mol. The Bertz CT molecular complexity index is 567. The Hall–Kier alpha value is -1.69. The van der Waals surface area contributed by atoms with E-state index in [1.165, 1.54) is 0 Å². The van der Waals surface area contributed by atoms with E-state index >= 15 is 0 Å². The van der Waals surface area contributed by atoms with E-state index < -0.39 is 11.6 Å². The molecule has 3 rings (SSSR count). The first-order valence-electron chi connectivity index (χ1n) is 8.32. The number of rotatable bonds is 1. The van der Waals surface area contributed by atoms with Gasteiger partial charge in [0.05, 0.1) is 11.6 Å². The van der Waals surface area contributed by atoms with Crippen LogP contribution in [0.5, 0.6) is 0 Å². The quantitative estimate of drug-likeness (QED) is 0.849. The van der Waals surface area contributed by atoms with Crippen LogP contribution in [0.25, 0.3) is 0 Å². The third-order valence-corrected chi connectivity index (χ3v) is 5.67. The van der Waals surface area contributed by atoms with Crippen LogP contribution in [-0.2, 0) is 4.79 Å². The Kier molecular flexibility index (Phi) is 4.04. The normalized spacial score (nSPS) is 26.3. The molecule has 1 aromatic rings. The van der Waals surface area contributed by atoms with Crippen molar-refractivity contribution in [3.05, 3.63) is 18.5 Å². The zero-order valence-corrected chi connectivity index (χ0v) is 14.2. The van der Waals surface area contributed by atoms with Crippen LogP contribution in [0.15, 0.2) is 18.5 Å². The van der Waals surface area contributed by atoms with E-state index in [2.05, 4.69) is 14.9 Å². The molecule has 0 aromatic carbocycles. The molecule has 2 saturated heterocycles. The fraction of sp³-hybridized carbons (Fsp3) is 0.706. The summed E-state index contributed by atoms with van der Waals surface area (Å²) in [6, 6.07) is 1.82. The van der Waals surface area contributed by atoms with Crippen LogP contribution < -0.4 is 4.90 Å². The summed E-state index contributed by atoms with van der Waals surface area (Å²) in [7, 11) is 0. The third kappa shape index (κ3) is 2.92. The number of carbonyl (C=O) groups is 1. The van der Waals surface area contributed by atoms with Gasteiger partial charge in [-0.3, -0.25) is 4.79 Å². The zero-order chi connectivity index (χ0) is 16.7. The Morgan fingerprint density at radius 2 is 1.87 bits per heavy atom. The zero-order valence-electron chi connectivity index (χ0n) is 14.2. The molecular formula is C17H26N4O2. The largest absolute Gasteiger partial charge is 0.391 e. The van der Waals surface area contributed by atoms with Crippen LogP contribution in [0, 0.1) is 5.41 Å². The van der Waals surface area contributed by atoms with Crippen molar-refractivity contribution < 1.29 is 9.90 Å². The van der Waals surface area contributed by atoms with E-state index in [4.69, 9.17) is 0 Å². The minimum atomic E-state index is -0.489. The molecule has 0 unspecified atom stereocenters. The van der Waals surface area contributed by atoms with Gasteiger partial charge in [0.15, 0.2) is 0 Å². The summed E-state index contributed by atoms with van der Waals surface area (Å²) in [4.78, 5) is 24.7. The van der Waals surface area contributed by atoms with Crippen LogP contribution >= 0.6 is 0 Å². The summed E-state index contributed by atoms with van der Waals surface area (Å²) >= 11 is 0. The molecule has 126 valence electrons. The number of aliphatic hydroxyl groups excluding tert-OH is 1. The summed E-state index contributed by atoms with van der Waals surface area (Å²) in [5, 5.41) is 10.6. The number of carbonyl (C=O) groups excluding carboxylic acids is 1. The van der Waals surface area contributed by atoms with E-state index in [1.807, 2.05) is 24.8 Å². The molecule has 1 amide bonds. The van der Waals surface area contributed by atoms with Crippen molar-refractivity contribution in [2.45, 2.75) is 51.7 Å². The lowest BCUT2D eigenvalue weighted by Gasteiger charge is -2.55. The first kappa shape index (κ1) is 16.2. The highest BCUT2D eigenvalue weighted by atomic mass is 16.3. The van der Waals surface area contributed by atoms with Gasteiger partial charge in [-0.15, -0.1) is 0 Å². The number of anilines is 1. The second-order valence-electron chi connectivity index (χ2n) is 7.51. The molecule has 2 fully saturated rings. The average Bonchev–Trinajstić information content (AvgIpc) is 2.53. The lowest BCUT2D eigenvalue weighted by atomic mass is 9.67. The second kappa shape index (κ2) is 5.74. The van der Waals surface area contributed by atoms with Crippen LogP contribution in [0.2, 0.25) is 0 Å². The van der Waals surface area contributed by atoms with E-state index in [0.29, 0.717) is 0 Å². The topological polar surface area (TPSA) is 69.6 Å². The molecule has 0 saturated carbocycles. The number of nitrogens with zero attached hydrogens (tertiary/aromatic N) is 4.